The van der Waals surface area contributed by atoms with Crippen molar-refractivity contribution in [3.8, 4) is 5.75 Å². The van der Waals surface area contributed by atoms with Gasteiger partial charge in [-0.2, -0.15) is 5.10 Å². The van der Waals surface area contributed by atoms with Crippen molar-refractivity contribution in [1.82, 2.24) is 34.8 Å². The summed E-state index contributed by atoms with van der Waals surface area (Å²) >= 11 is 7.58. The van der Waals surface area contributed by atoms with Crippen LogP contribution in [0.4, 0.5) is 4.39 Å². The van der Waals surface area contributed by atoms with Gasteiger partial charge >= 0.3 is 0 Å². The van der Waals surface area contributed by atoms with Crippen molar-refractivity contribution in [2.24, 2.45) is 0 Å². The molecule has 10 nitrogen and oxygen atoms in total. The second-order valence-corrected chi connectivity index (χ2v) is 9.75. The van der Waals surface area contributed by atoms with E-state index in [1.807, 2.05) is 6.92 Å². The number of ether oxygens (including phenoxy) is 1. The van der Waals surface area contributed by atoms with Crippen LogP contribution in [0.3, 0.4) is 0 Å². The van der Waals surface area contributed by atoms with Crippen molar-refractivity contribution in [3.05, 3.63) is 68.7 Å². The minimum Gasteiger partial charge on any atom is -0.481 e. The molecule has 36 heavy (non-hydrogen) atoms. The van der Waals surface area contributed by atoms with Crippen LogP contribution in [0.15, 0.2) is 24.4 Å². The van der Waals surface area contributed by atoms with E-state index in [-0.39, 0.29) is 28.9 Å². The number of nitrogens with zero attached hydrogens (tertiary/aromatic N) is 6. The zero-order valence-corrected chi connectivity index (χ0v) is 21.2. The number of halogens is 2. The molecule has 0 aromatic carbocycles. The lowest BCUT2D eigenvalue weighted by Crippen LogP contribution is -2.44. The summed E-state index contributed by atoms with van der Waals surface area (Å²) in [6.45, 7) is 3.52. The van der Waals surface area contributed by atoms with E-state index < -0.39 is 23.7 Å². The van der Waals surface area contributed by atoms with E-state index in [2.05, 4.69) is 25.4 Å². The molecule has 4 aromatic rings. The summed E-state index contributed by atoms with van der Waals surface area (Å²) in [7, 11) is 1.48. The number of hydrogen-bond donors (Lipinski definition) is 1. The first-order valence-corrected chi connectivity index (χ1v) is 12.2. The Hall–Kier alpha value is -3.64. The average molecular weight is 530 g/mol. The average Bonchev–Trinajstić information content (AvgIpc) is 3.37. The molecule has 1 unspecified atom stereocenters. The quantitative estimate of drug-likeness (QED) is 0.395. The number of rotatable bonds is 5. The molecule has 2 amide bonds. The molecule has 13 heteroatoms. The van der Waals surface area contributed by atoms with Gasteiger partial charge in [-0.3, -0.25) is 14.6 Å². The van der Waals surface area contributed by atoms with Crippen molar-refractivity contribution in [3.63, 3.8) is 0 Å². The van der Waals surface area contributed by atoms with E-state index in [9.17, 15) is 9.59 Å². The molecule has 0 fully saturated rings. The number of fused-ring (bicyclic) bond motifs is 3. The smallest absolute Gasteiger partial charge is 0.269 e. The number of carbonyl (C=O) groups is 2. The van der Waals surface area contributed by atoms with E-state index in [1.165, 1.54) is 41.5 Å². The van der Waals surface area contributed by atoms with E-state index in [4.69, 9.17) is 16.3 Å². The number of pyridine rings is 2. The molecule has 5 heterocycles. The first kappa shape index (κ1) is 24.1. The maximum Gasteiger partial charge on any atom is 0.269 e. The zero-order chi connectivity index (χ0) is 25.6. The molecule has 5 rings (SSSR count). The zero-order valence-electron chi connectivity index (χ0n) is 19.6. The minimum atomic E-state index is -0.842. The number of amides is 2. The van der Waals surface area contributed by atoms with Gasteiger partial charge < -0.3 is 15.0 Å². The van der Waals surface area contributed by atoms with Gasteiger partial charge in [0.1, 0.15) is 28.3 Å². The molecular weight excluding hydrogens is 509 g/mol. The highest BCUT2D eigenvalue weighted by atomic mass is 35.5. The van der Waals surface area contributed by atoms with Gasteiger partial charge in [0.2, 0.25) is 4.96 Å². The van der Waals surface area contributed by atoms with E-state index >= 15 is 4.39 Å². The van der Waals surface area contributed by atoms with Crippen LogP contribution in [0.1, 0.15) is 44.2 Å². The second-order valence-electron chi connectivity index (χ2n) is 8.23. The third kappa shape index (κ3) is 4.26. The molecular formula is C23H21ClFN7O3S. The standard InChI is InChI=1S/C23H21ClFN7O3S/c1-11-8-13(25)18(27-9-11)20-19-14(29-23-32(19)30-12(2)36-23)6-7-31(20)17(33)10-35-16-5-4-15(22(34)26-3)28-21(16)24/h4-5,8-9,20H,6-7,10H2,1-3H3,(H,26,34). The third-order valence-corrected chi connectivity index (χ3v) is 6.88. The molecule has 1 N–H and O–H groups in total. The van der Waals surface area contributed by atoms with Crippen LogP contribution in [-0.2, 0) is 11.2 Å². The predicted octanol–water partition coefficient (Wildman–Crippen LogP) is 2.90. The van der Waals surface area contributed by atoms with Crippen LogP contribution in [0.5, 0.6) is 5.75 Å². The molecule has 0 saturated heterocycles. The summed E-state index contributed by atoms with van der Waals surface area (Å²) in [5.74, 6) is -1.18. The highest BCUT2D eigenvalue weighted by molar-refractivity contribution is 7.16. The maximum absolute atomic E-state index is 15.2. The van der Waals surface area contributed by atoms with Crippen LogP contribution < -0.4 is 10.1 Å². The Morgan fingerprint density at radius 1 is 1.31 bits per heavy atom. The molecule has 1 aliphatic rings. The van der Waals surface area contributed by atoms with Crippen molar-refractivity contribution < 1.29 is 18.7 Å². The SMILES string of the molecule is CNC(=O)c1ccc(OCC(=O)N2CCc3nc4sc(C)nn4c3C2c2ncc(C)cc2F)c(Cl)n1. The fourth-order valence-corrected chi connectivity index (χ4v) is 5.14. The number of imidazole rings is 1. The molecule has 186 valence electrons. The van der Waals surface area contributed by atoms with Gasteiger partial charge in [0.05, 0.1) is 11.4 Å². The topological polar surface area (TPSA) is 115 Å². The van der Waals surface area contributed by atoms with E-state index in [1.54, 1.807) is 17.6 Å². The predicted molar refractivity (Wildman–Crippen MR) is 130 cm³/mol. The van der Waals surface area contributed by atoms with Crippen LogP contribution in [-0.4, -0.2) is 61.5 Å². The first-order valence-electron chi connectivity index (χ1n) is 11.0. The third-order valence-electron chi connectivity index (χ3n) is 5.79. The molecule has 1 atom stereocenters. The van der Waals surface area contributed by atoms with Crippen molar-refractivity contribution >= 4 is 39.7 Å². The lowest BCUT2D eigenvalue weighted by atomic mass is 9.98. The van der Waals surface area contributed by atoms with Gasteiger partial charge in [-0.25, -0.2) is 18.9 Å². The molecule has 0 bridgehead atoms. The molecule has 1 aliphatic heterocycles. The van der Waals surface area contributed by atoms with Crippen molar-refractivity contribution in [1.29, 1.82) is 0 Å². The van der Waals surface area contributed by atoms with Crippen LogP contribution >= 0.6 is 22.9 Å². The number of nitrogens with one attached hydrogen (secondary N) is 1. The summed E-state index contributed by atoms with van der Waals surface area (Å²) in [5, 5.41) is 7.74. The summed E-state index contributed by atoms with van der Waals surface area (Å²) in [6.07, 6.45) is 2.04. The number of hydrogen-bond acceptors (Lipinski definition) is 8. The Balaban J connectivity index is 1.47. The lowest BCUT2D eigenvalue weighted by Gasteiger charge is -2.35. The van der Waals surface area contributed by atoms with Gasteiger partial charge in [0.25, 0.3) is 11.8 Å². The maximum atomic E-state index is 15.2. The second kappa shape index (κ2) is 9.43. The lowest BCUT2D eigenvalue weighted by molar-refractivity contribution is -0.135. The van der Waals surface area contributed by atoms with Crippen molar-refractivity contribution in [2.45, 2.75) is 26.3 Å². The summed E-state index contributed by atoms with van der Waals surface area (Å²) in [4.78, 5) is 40.4. The normalized spacial score (nSPS) is 15.1. The fourth-order valence-electron chi connectivity index (χ4n) is 4.16. The molecule has 0 saturated carbocycles. The largest absolute Gasteiger partial charge is 0.481 e. The van der Waals surface area contributed by atoms with Crippen LogP contribution in [0.25, 0.3) is 4.96 Å². The van der Waals surface area contributed by atoms with Gasteiger partial charge in [0, 0.05) is 26.2 Å². The van der Waals surface area contributed by atoms with E-state index in [0.717, 1.165) is 10.7 Å². The highest BCUT2D eigenvalue weighted by Crippen LogP contribution is 2.37. The Morgan fingerprint density at radius 3 is 2.83 bits per heavy atom. The fraction of sp³-hybridized carbons (Fsp3) is 0.304. The monoisotopic (exact) mass is 529 g/mol. The van der Waals surface area contributed by atoms with Gasteiger partial charge in [-0.05, 0) is 37.6 Å². The van der Waals surface area contributed by atoms with Gasteiger partial charge in [-0.1, -0.05) is 22.9 Å². The molecule has 4 aromatic heterocycles. The Morgan fingerprint density at radius 2 is 2.11 bits per heavy atom. The Bertz CT molecular complexity index is 1500. The minimum absolute atomic E-state index is 0.0527. The highest BCUT2D eigenvalue weighted by Gasteiger charge is 2.39. The molecule has 0 aliphatic carbocycles. The number of carbonyl (C=O) groups excluding carboxylic acids is 2. The molecule has 0 radical (unpaired) electrons. The Labute approximate surface area is 214 Å². The van der Waals surface area contributed by atoms with Crippen LogP contribution in [0, 0.1) is 19.7 Å². The molecule has 0 spiro atoms. The first-order chi connectivity index (χ1) is 17.3. The summed E-state index contributed by atoms with van der Waals surface area (Å²) in [6, 6.07) is 3.46. The van der Waals surface area contributed by atoms with Gasteiger partial charge in [-0.15, -0.1) is 0 Å². The van der Waals surface area contributed by atoms with Crippen LogP contribution in [0.2, 0.25) is 5.15 Å². The summed E-state index contributed by atoms with van der Waals surface area (Å²) < 4.78 is 22.5. The van der Waals surface area contributed by atoms with Gasteiger partial charge in [0.15, 0.2) is 17.5 Å². The van der Waals surface area contributed by atoms with E-state index in [0.29, 0.717) is 29.2 Å². The number of aromatic nitrogens is 5. The number of aryl methyl sites for hydroxylation is 2. The Kier molecular flexibility index (Phi) is 6.31. The van der Waals surface area contributed by atoms with Crippen molar-refractivity contribution in [2.75, 3.05) is 20.2 Å². The summed E-state index contributed by atoms with van der Waals surface area (Å²) in [5.41, 5.74) is 2.26.